The maximum atomic E-state index is 13.7. The topological polar surface area (TPSA) is 53.0 Å². The summed E-state index contributed by atoms with van der Waals surface area (Å²) in [6.45, 7) is 2.93. The molecule has 1 heterocycles. The molecule has 2 aliphatic rings. The molecule has 1 aromatic rings. The van der Waals surface area contributed by atoms with Crippen LogP contribution in [0.5, 0.6) is 5.75 Å². The number of ether oxygens (including phenoxy) is 1. The van der Waals surface area contributed by atoms with Gasteiger partial charge < -0.3 is 14.7 Å². The molecule has 1 aliphatic heterocycles. The summed E-state index contributed by atoms with van der Waals surface area (Å²) in [6.07, 6.45) is 2.98. The number of benzene rings is 1. The SMILES string of the molecule is COc1ccc(CC(=O)N2CCN(C3CCCC3O)CC2)cc1F. The van der Waals surface area contributed by atoms with E-state index >= 15 is 0 Å². The van der Waals surface area contributed by atoms with Crippen LogP contribution in [0.3, 0.4) is 0 Å². The Morgan fingerprint density at radius 2 is 2.04 bits per heavy atom. The fraction of sp³-hybridized carbons (Fsp3) is 0.611. The van der Waals surface area contributed by atoms with E-state index in [9.17, 15) is 14.3 Å². The monoisotopic (exact) mass is 336 g/mol. The van der Waals surface area contributed by atoms with E-state index in [1.54, 1.807) is 12.1 Å². The van der Waals surface area contributed by atoms with Gasteiger partial charge in [-0.15, -0.1) is 0 Å². The summed E-state index contributed by atoms with van der Waals surface area (Å²) in [4.78, 5) is 16.6. The second kappa shape index (κ2) is 7.49. The van der Waals surface area contributed by atoms with E-state index in [-0.39, 0.29) is 30.2 Å². The van der Waals surface area contributed by atoms with Crippen LogP contribution in [-0.4, -0.2) is 66.2 Å². The highest BCUT2D eigenvalue weighted by molar-refractivity contribution is 5.79. The third-order valence-electron chi connectivity index (χ3n) is 5.15. The number of halogens is 1. The van der Waals surface area contributed by atoms with Crippen LogP contribution < -0.4 is 4.74 Å². The molecule has 2 fully saturated rings. The molecule has 1 saturated heterocycles. The lowest BCUT2D eigenvalue weighted by atomic mass is 10.1. The predicted molar refractivity (Wildman–Crippen MR) is 88.5 cm³/mol. The average Bonchev–Trinajstić information content (AvgIpc) is 3.01. The molecule has 2 unspecified atom stereocenters. The van der Waals surface area contributed by atoms with E-state index in [0.29, 0.717) is 18.7 Å². The van der Waals surface area contributed by atoms with Gasteiger partial charge in [0.2, 0.25) is 5.91 Å². The molecule has 0 aromatic heterocycles. The van der Waals surface area contributed by atoms with Crippen LogP contribution in [0.15, 0.2) is 18.2 Å². The number of hydrogen-bond acceptors (Lipinski definition) is 4. The minimum Gasteiger partial charge on any atom is -0.494 e. The molecule has 6 heteroatoms. The van der Waals surface area contributed by atoms with E-state index < -0.39 is 5.82 Å². The van der Waals surface area contributed by atoms with E-state index in [2.05, 4.69) is 4.90 Å². The minimum absolute atomic E-state index is 0.0196. The Hall–Kier alpha value is -1.66. The van der Waals surface area contributed by atoms with Crippen molar-refractivity contribution in [3.8, 4) is 5.75 Å². The first-order chi connectivity index (χ1) is 11.6. The summed E-state index contributed by atoms with van der Waals surface area (Å²) in [5.74, 6) is -0.232. The second-order valence-electron chi connectivity index (χ2n) is 6.63. The number of methoxy groups -OCH3 is 1. The quantitative estimate of drug-likeness (QED) is 0.904. The zero-order valence-corrected chi connectivity index (χ0v) is 14.1. The maximum absolute atomic E-state index is 13.7. The highest BCUT2D eigenvalue weighted by Gasteiger charge is 2.33. The Kier molecular flexibility index (Phi) is 5.36. The number of hydrogen-bond donors (Lipinski definition) is 1. The molecule has 2 atom stereocenters. The summed E-state index contributed by atoms with van der Waals surface area (Å²) in [5.41, 5.74) is 0.659. The average molecular weight is 336 g/mol. The van der Waals surface area contributed by atoms with Crippen LogP contribution in [0.2, 0.25) is 0 Å². The summed E-state index contributed by atoms with van der Waals surface area (Å²) in [5, 5.41) is 10.0. The molecular formula is C18H25FN2O3. The number of amides is 1. The Bertz CT molecular complexity index is 588. The maximum Gasteiger partial charge on any atom is 0.227 e. The lowest BCUT2D eigenvalue weighted by molar-refractivity contribution is -0.132. The molecule has 5 nitrogen and oxygen atoms in total. The Balaban J connectivity index is 1.52. The van der Waals surface area contributed by atoms with Crippen LogP contribution in [0, 0.1) is 5.82 Å². The highest BCUT2D eigenvalue weighted by atomic mass is 19.1. The van der Waals surface area contributed by atoms with Crippen LogP contribution in [0.4, 0.5) is 4.39 Å². The van der Waals surface area contributed by atoms with Crippen LogP contribution in [0.1, 0.15) is 24.8 Å². The molecule has 0 spiro atoms. The zero-order chi connectivity index (χ0) is 17.1. The molecular weight excluding hydrogens is 311 g/mol. The predicted octanol–water partition coefficient (Wildman–Crippen LogP) is 1.43. The van der Waals surface area contributed by atoms with Gasteiger partial charge in [-0.1, -0.05) is 6.07 Å². The van der Waals surface area contributed by atoms with E-state index in [4.69, 9.17) is 4.74 Å². The highest BCUT2D eigenvalue weighted by Crippen LogP contribution is 2.25. The van der Waals surface area contributed by atoms with Crippen molar-refractivity contribution >= 4 is 5.91 Å². The lowest BCUT2D eigenvalue weighted by Gasteiger charge is -2.39. The molecule has 1 N–H and O–H groups in total. The van der Waals surface area contributed by atoms with E-state index in [0.717, 1.165) is 32.4 Å². The Labute approximate surface area is 142 Å². The third-order valence-corrected chi connectivity index (χ3v) is 5.15. The summed E-state index contributed by atoms with van der Waals surface area (Å²) in [7, 11) is 1.42. The first-order valence-corrected chi connectivity index (χ1v) is 8.61. The van der Waals surface area contributed by atoms with Gasteiger partial charge in [0.1, 0.15) is 0 Å². The van der Waals surface area contributed by atoms with E-state index in [1.807, 2.05) is 4.90 Å². The molecule has 1 amide bonds. The smallest absolute Gasteiger partial charge is 0.227 e. The van der Waals surface area contributed by atoms with Gasteiger partial charge in [-0.3, -0.25) is 9.69 Å². The lowest BCUT2D eigenvalue weighted by Crippen LogP contribution is -2.53. The second-order valence-corrected chi connectivity index (χ2v) is 6.63. The normalized spacial score (nSPS) is 25.0. The fourth-order valence-electron chi connectivity index (χ4n) is 3.76. The van der Waals surface area contributed by atoms with Crippen LogP contribution >= 0.6 is 0 Å². The van der Waals surface area contributed by atoms with Gasteiger partial charge in [0.25, 0.3) is 0 Å². The van der Waals surface area contributed by atoms with Gasteiger partial charge >= 0.3 is 0 Å². The molecule has 1 aromatic carbocycles. The van der Waals surface area contributed by atoms with Crippen molar-refractivity contribution in [2.24, 2.45) is 0 Å². The molecule has 1 saturated carbocycles. The summed E-state index contributed by atoms with van der Waals surface area (Å²) >= 11 is 0. The first-order valence-electron chi connectivity index (χ1n) is 8.61. The first kappa shape index (κ1) is 17.2. The molecule has 0 bridgehead atoms. The molecule has 0 radical (unpaired) electrons. The summed E-state index contributed by atoms with van der Waals surface area (Å²) in [6, 6.07) is 4.89. The number of carbonyl (C=O) groups excluding carboxylic acids is 1. The Morgan fingerprint density at radius 3 is 2.62 bits per heavy atom. The molecule has 1 aliphatic carbocycles. The molecule has 132 valence electrons. The van der Waals surface area contributed by atoms with Crippen molar-refractivity contribution in [2.45, 2.75) is 37.8 Å². The molecule has 3 rings (SSSR count). The summed E-state index contributed by atoms with van der Waals surface area (Å²) < 4.78 is 18.6. The van der Waals surface area contributed by atoms with Crippen molar-refractivity contribution in [1.29, 1.82) is 0 Å². The van der Waals surface area contributed by atoms with Gasteiger partial charge in [0.05, 0.1) is 19.6 Å². The van der Waals surface area contributed by atoms with Gasteiger partial charge in [-0.25, -0.2) is 4.39 Å². The van der Waals surface area contributed by atoms with Crippen molar-refractivity contribution < 1.29 is 19.0 Å². The van der Waals surface area contributed by atoms with Crippen molar-refractivity contribution in [3.05, 3.63) is 29.6 Å². The van der Waals surface area contributed by atoms with Crippen molar-refractivity contribution in [2.75, 3.05) is 33.3 Å². The number of piperazine rings is 1. The van der Waals surface area contributed by atoms with Crippen molar-refractivity contribution in [1.82, 2.24) is 9.80 Å². The van der Waals surface area contributed by atoms with Gasteiger partial charge in [0, 0.05) is 32.2 Å². The zero-order valence-electron chi connectivity index (χ0n) is 14.1. The van der Waals surface area contributed by atoms with Gasteiger partial charge in [0.15, 0.2) is 11.6 Å². The van der Waals surface area contributed by atoms with Crippen molar-refractivity contribution in [3.63, 3.8) is 0 Å². The largest absolute Gasteiger partial charge is 0.494 e. The van der Waals surface area contributed by atoms with Gasteiger partial charge in [-0.05, 0) is 37.0 Å². The number of carbonyl (C=O) groups is 1. The van der Waals surface area contributed by atoms with Gasteiger partial charge in [-0.2, -0.15) is 0 Å². The number of nitrogens with zero attached hydrogens (tertiary/aromatic N) is 2. The number of rotatable bonds is 4. The number of aliphatic hydroxyl groups is 1. The van der Waals surface area contributed by atoms with E-state index in [1.165, 1.54) is 13.2 Å². The molecule has 24 heavy (non-hydrogen) atoms. The minimum atomic E-state index is -0.442. The van der Waals surface area contributed by atoms with Crippen LogP contribution in [0.25, 0.3) is 0 Å². The standard InChI is InChI=1S/C18H25FN2O3/c1-24-17-6-5-13(11-14(17)19)12-18(23)21-9-7-20(8-10-21)15-3-2-4-16(15)22/h5-6,11,15-16,22H,2-4,7-10,12H2,1H3. The Morgan fingerprint density at radius 1 is 1.29 bits per heavy atom. The third kappa shape index (κ3) is 3.70. The fourth-order valence-corrected chi connectivity index (χ4v) is 3.76. The number of aliphatic hydroxyl groups excluding tert-OH is 1. The van der Waals surface area contributed by atoms with Crippen LogP contribution in [-0.2, 0) is 11.2 Å².